The van der Waals surface area contributed by atoms with Crippen LogP contribution in [-0.4, -0.2) is 19.7 Å². The number of esters is 1. The smallest absolute Gasteiger partial charge is 0.341 e. The van der Waals surface area contributed by atoms with Crippen LogP contribution in [0.4, 0.5) is 0 Å². The lowest BCUT2D eigenvalue weighted by Gasteiger charge is -2.09. The number of carbonyl (C=O) groups is 1. The van der Waals surface area contributed by atoms with E-state index in [1.807, 2.05) is 30.3 Å². The van der Waals surface area contributed by atoms with Crippen LogP contribution in [0.15, 0.2) is 36.4 Å². The Hall–Kier alpha value is -2.03. The number of methoxy groups -OCH3 is 1. The summed E-state index contributed by atoms with van der Waals surface area (Å²) in [5.74, 6) is 0.192. The first kappa shape index (κ1) is 11.5. The van der Waals surface area contributed by atoms with Crippen molar-refractivity contribution in [2.75, 3.05) is 13.7 Å². The van der Waals surface area contributed by atoms with Crippen LogP contribution in [0.2, 0.25) is 0 Å². The van der Waals surface area contributed by atoms with Gasteiger partial charge < -0.3 is 9.47 Å². The molecule has 2 aromatic carbocycles. The van der Waals surface area contributed by atoms with Crippen LogP contribution >= 0.6 is 0 Å². The van der Waals surface area contributed by atoms with Crippen molar-refractivity contribution in [1.29, 1.82) is 0 Å². The predicted molar refractivity (Wildman–Crippen MR) is 66.5 cm³/mol. The number of carbonyl (C=O) groups excluding carboxylic acids is 1. The first-order valence-corrected chi connectivity index (χ1v) is 5.50. The zero-order valence-corrected chi connectivity index (χ0v) is 9.90. The Kier molecular flexibility index (Phi) is 3.28. The van der Waals surface area contributed by atoms with E-state index in [2.05, 4.69) is 0 Å². The van der Waals surface area contributed by atoms with Crippen LogP contribution in [0, 0.1) is 0 Å². The third-order valence-electron chi connectivity index (χ3n) is 2.56. The summed E-state index contributed by atoms with van der Waals surface area (Å²) >= 11 is 0. The summed E-state index contributed by atoms with van der Waals surface area (Å²) in [6.45, 7) is 2.14. The maximum absolute atomic E-state index is 11.8. The predicted octanol–water partition coefficient (Wildman–Crippen LogP) is 3.03. The third kappa shape index (κ3) is 2.23. The van der Waals surface area contributed by atoms with E-state index in [1.165, 1.54) is 0 Å². The van der Waals surface area contributed by atoms with Gasteiger partial charge in [-0.05, 0) is 29.8 Å². The Morgan fingerprint density at radius 1 is 1.18 bits per heavy atom. The molecule has 2 aromatic rings. The Morgan fingerprint density at radius 3 is 2.41 bits per heavy atom. The zero-order chi connectivity index (χ0) is 12.3. The summed E-state index contributed by atoms with van der Waals surface area (Å²) in [5, 5.41) is 2.04. The highest BCUT2D eigenvalue weighted by Gasteiger charge is 2.14. The minimum atomic E-state index is -0.352. The number of hydrogen-bond acceptors (Lipinski definition) is 3. The van der Waals surface area contributed by atoms with E-state index < -0.39 is 0 Å². The van der Waals surface area contributed by atoms with Crippen molar-refractivity contribution in [2.24, 2.45) is 0 Å². The minimum absolute atomic E-state index is 0.352. The van der Waals surface area contributed by atoms with E-state index in [0.717, 1.165) is 10.8 Å². The zero-order valence-electron chi connectivity index (χ0n) is 9.90. The molecule has 0 spiro atoms. The molecule has 0 saturated carbocycles. The molecule has 0 fully saturated rings. The Labute approximate surface area is 100.0 Å². The van der Waals surface area contributed by atoms with Crippen molar-refractivity contribution >= 4 is 16.7 Å². The molecule has 0 aromatic heterocycles. The van der Waals surface area contributed by atoms with Crippen LogP contribution in [0.1, 0.15) is 17.3 Å². The average molecular weight is 230 g/mol. The molecule has 3 heteroatoms. The SMILES string of the molecule is CCOC(=O)c1cc2ccccc2cc1OC. The summed E-state index contributed by atoms with van der Waals surface area (Å²) in [6, 6.07) is 11.5. The molecule has 0 amide bonds. The summed E-state index contributed by atoms with van der Waals surface area (Å²) < 4.78 is 10.2. The molecule has 0 aliphatic carbocycles. The van der Waals surface area contributed by atoms with E-state index >= 15 is 0 Å². The second-order valence-electron chi connectivity index (χ2n) is 3.62. The highest BCUT2D eigenvalue weighted by Crippen LogP contribution is 2.26. The van der Waals surface area contributed by atoms with Crippen LogP contribution < -0.4 is 4.74 Å². The van der Waals surface area contributed by atoms with Crippen molar-refractivity contribution in [3.8, 4) is 5.75 Å². The number of rotatable bonds is 3. The topological polar surface area (TPSA) is 35.5 Å². The van der Waals surface area contributed by atoms with Crippen molar-refractivity contribution in [1.82, 2.24) is 0 Å². The fourth-order valence-electron chi connectivity index (χ4n) is 1.76. The molecule has 0 heterocycles. The van der Waals surface area contributed by atoms with E-state index in [-0.39, 0.29) is 5.97 Å². The fourth-order valence-corrected chi connectivity index (χ4v) is 1.76. The van der Waals surface area contributed by atoms with Gasteiger partial charge in [-0.1, -0.05) is 24.3 Å². The van der Waals surface area contributed by atoms with Gasteiger partial charge in [0.1, 0.15) is 11.3 Å². The normalized spacial score (nSPS) is 10.2. The number of ether oxygens (including phenoxy) is 2. The Balaban J connectivity index is 2.56. The summed E-state index contributed by atoms with van der Waals surface area (Å²) in [4.78, 5) is 11.8. The van der Waals surface area contributed by atoms with Gasteiger partial charge in [0.25, 0.3) is 0 Å². The summed E-state index contributed by atoms with van der Waals surface area (Å²) in [6.07, 6.45) is 0. The molecule has 3 nitrogen and oxygen atoms in total. The first-order valence-electron chi connectivity index (χ1n) is 5.50. The molecule has 0 aliphatic heterocycles. The van der Waals surface area contributed by atoms with Gasteiger partial charge in [0, 0.05) is 0 Å². The van der Waals surface area contributed by atoms with Gasteiger partial charge in [-0.15, -0.1) is 0 Å². The largest absolute Gasteiger partial charge is 0.496 e. The molecule has 0 atom stereocenters. The second-order valence-corrected chi connectivity index (χ2v) is 3.62. The van der Waals surface area contributed by atoms with Gasteiger partial charge in [0.05, 0.1) is 13.7 Å². The average Bonchev–Trinajstić information content (AvgIpc) is 2.37. The number of fused-ring (bicyclic) bond motifs is 1. The molecular formula is C14H14O3. The molecule has 2 rings (SSSR count). The standard InChI is InChI=1S/C14H14O3/c1-3-17-14(15)12-8-10-6-4-5-7-11(10)9-13(12)16-2/h4-9H,3H2,1-2H3. The highest BCUT2D eigenvalue weighted by molar-refractivity contribution is 5.98. The fraction of sp³-hybridized carbons (Fsp3) is 0.214. The molecular weight excluding hydrogens is 216 g/mol. The van der Waals surface area contributed by atoms with E-state index in [4.69, 9.17) is 9.47 Å². The van der Waals surface area contributed by atoms with Crippen LogP contribution in [0.3, 0.4) is 0 Å². The van der Waals surface area contributed by atoms with Crippen LogP contribution in [0.25, 0.3) is 10.8 Å². The molecule has 17 heavy (non-hydrogen) atoms. The van der Waals surface area contributed by atoms with Crippen molar-refractivity contribution < 1.29 is 14.3 Å². The summed E-state index contributed by atoms with van der Waals surface area (Å²) in [7, 11) is 1.55. The van der Waals surface area contributed by atoms with E-state index in [0.29, 0.717) is 17.9 Å². The Bertz CT molecular complexity index is 546. The lowest BCUT2D eigenvalue weighted by Crippen LogP contribution is -2.06. The molecule has 0 radical (unpaired) electrons. The lowest BCUT2D eigenvalue weighted by molar-refractivity contribution is 0.0523. The second kappa shape index (κ2) is 4.87. The maximum atomic E-state index is 11.8. The Morgan fingerprint density at radius 2 is 1.82 bits per heavy atom. The maximum Gasteiger partial charge on any atom is 0.341 e. The van der Waals surface area contributed by atoms with Crippen molar-refractivity contribution in [3.63, 3.8) is 0 Å². The van der Waals surface area contributed by atoms with Gasteiger partial charge in [-0.25, -0.2) is 4.79 Å². The van der Waals surface area contributed by atoms with E-state index in [1.54, 1.807) is 20.1 Å². The highest BCUT2D eigenvalue weighted by atomic mass is 16.5. The quantitative estimate of drug-likeness (QED) is 0.760. The van der Waals surface area contributed by atoms with Gasteiger partial charge in [0.15, 0.2) is 0 Å². The van der Waals surface area contributed by atoms with Crippen molar-refractivity contribution in [2.45, 2.75) is 6.92 Å². The molecule has 88 valence electrons. The van der Waals surface area contributed by atoms with Gasteiger partial charge in [-0.3, -0.25) is 0 Å². The van der Waals surface area contributed by atoms with E-state index in [9.17, 15) is 4.79 Å². The molecule has 0 aliphatic rings. The molecule has 0 N–H and O–H groups in total. The number of benzene rings is 2. The van der Waals surface area contributed by atoms with Gasteiger partial charge in [0.2, 0.25) is 0 Å². The van der Waals surface area contributed by atoms with Gasteiger partial charge in [-0.2, -0.15) is 0 Å². The molecule has 0 saturated heterocycles. The monoisotopic (exact) mass is 230 g/mol. The van der Waals surface area contributed by atoms with Crippen LogP contribution in [-0.2, 0) is 4.74 Å². The molecule has 0 bridgehead atoms. The van der Waals surface area contributed by atoms with Crippen LogP contribution in [0.5, 0.6) is 5.75 Å². The lowest BCUT2D eigenvalue weighted by atomic mass is 10.1. The first-order chi connectivity index (χ1) is 8.26. The number of hydrogen-bond donors (Lipinski definition) is 0. The van der Waals surface area contributed by atoms with Crippen molar-refractivity contribution in [3.05, 3.63) is 42.0 Å². The molecule has 0 unspecified atom stereocenters. The summed E-state index contributed by atoms with van der Waals surface area (Å²) in [5.41, 5.74) is 0.466. The minimum Gasteiger partial charge on any atom is -0.496 e. The van der Waals surface area contributed by atoms with Gasteiger partial charge >= 0.3 is 5.97 Å². The third-order valence-corrected chi connectivity index (χ3v) is 2.56.